The molecular formula is C12H6ClF4N3O. The van der Waals surface area contributed by atoms with E-state index in [1.807, 2.05) is 0 Å². The van der Waals surface area contributed by atoms with Crippen molar-refractivity contribution in [3.05, 3.63) is 52.7 Å². The second-order valence-corrected chi connectivity index (χ2v) is 4.20. The summed E-state index contributed by atoms with van der Waals surface area (Å²) < 4.78 is 51.2. The maximum absolute atomic E-state index is 13.5. The van der Waals surface area contributed by atoms with Crippen molar-refractivity contribution in [3.63, 3.8) is 0 Å². The Morgan fingerprint density at radius 3 is 2.48 bits per heavy atom. The maximum Gasteiger partial charge on any atom is 0.416 e. The molecule has 21 heavy (non-hydrogen) atoms. The second kappa shape index (κ2) is 5.65. The summed E-state index contributed by atoms with van der Waals surface area (Å²) in [6, 6.07) is 1.52. The smallest absolute Gasteiger partial charge is 0.304 e. The lowest BCUT2D eigenvalue weighted by Gasteiger charge is -2.10. The first-order valence-corrected chi connectivity index (χ1v) is 5.81. The standard InChI is InChI=1S/C12H6ClF4N3O/c13-9-10(19-4-3-18-9)20-11(21)7-5-6(12(15,16)17)1-2-8(7)14/h1-5H,(H,19,20,21). The van der Waals surface area contributed by atoms with Gasteiger partial charge in [-0.3, -0.25) is 4.79 Å². The summed E-state index contributed by atoms with van der Waals surface area (Å²) >= 11 is 5.64. The summed E-state index contributed by atoms with van der Waals surface area (Å²) in [6.45, 7) is 0. The van der Waals surface area contributed by atoms with Gasteiger partial charge in [0.15, 0.2) is 11.0 Å². The van der Waals surface area contributed by atoms with Crippen molar-refractivity contribution < 1.29 is 22.4 Å². The van der Waals surface area contributed by atoms with Crippen molar-refractivity contribution in [1.29, 1.82) is 0 Å². The van der Waals surface area contributed by atoms with Crippen LogP contribution in [0.25, 0.3) is 0 Å². The third-order valence-electron chi connectivity index (χ3n) is 2.42. The number of nitrogens with one attached hydrogen (secondary N) is 1. The first kappa shape index (κ1) is 15.2. The monoisotopic (exact) mass is 319 g/mol. The summed E-state index contributed by atoms with van der Waals surface area (Å²) in [7, 11) is 0. The number of amides is 1. The van der Waals surface area contributed by atoms with E-state index in [1.165, 1.54) is 12.4 Å². The summed E-state index contributed by atoms with van der Waals surface area (Å²) in [5.74, 6) is -2.39. The number of carbonyl (C=O) groups excluding carboxylic acids is 1. The molecule has 0 aliphatic carbocycles. The fraction of sp³-hybridized carbons (Fsp3) is 0.0833. The molecule has 110 valence electrons. The maximum atomic E-state index is 13.5. The number of halogens is 5. The largest absolute Gasteiger partial charge is 0.416 e. The molecule has 0 unspecified atom stereocenters. The van der Waals surface area contributed by atoms with Crippen molar-refractivity contribution in [2.24, 2.45) is 0 Å². The van der Waals surface area contributed by atoms with E-state index in [0.29, 0.717) is 18.2 Å². The molecule has 0 atom stereocenters. The summed E-state index contributed by atoms with van der Waals surface area (Å²) in [5.41, 5.74) is -1.91. The summed E-state index contributed by atoms with van der Waals surface area (Å²) in [5, 5.41) is 1.93. The van der Waals surface area contributed by atoms with E-state index in [0.717, 1.165) is 0 Å². The highest BCUT2D eigenvalue weighted by Gasteiger charge is 2.32. The number of rotatable bonds is 2. The highest BCUT2D eigenvalue weighted by atomic mass is 35.5. The van der Waals surface area contributed by atoms with E-state index < -0.39 is 29.0 Å². The van der Waals surface area contributed by atoms with Gasteiger partial charge >= 0.3 is 6.18 Å². The molecule has 0 bridgehead atoms. The quantitative estimate of drug-likeness (QED) is 0.861. The molecule has 0 aliphatic heterocycles. The van der Waals surface area contributed by atoms with Crippen LogP contribution >= 0.6 is 11.6 Å². The van der Waals surface area contributed by atoms with Crippen LogP contribution in [0, 0.1) is 5.82 Å². The minimum absolute atomic E-state index is 0.168. The van der Waals surface area contributed by atoms with E-state index in [4.69, 9.17) is 11.6 Å². The summed E-state index contributed by atoms with van der Waals surface area (Å²) in [6.07, 6.45) is -2.22. The molecule has 0 saturated heterocycles. The van der Waals surface area contributed by atoms with Crippen LogP contribution in [0.4, 0.5) is 23.4 Å². The normalized spacial score (nSPS) is 11.3. The Bertz CT molecular complexity index is 690. The van der Waals surface area contributed by atoms with E-state index in [-0.39, 0.29) is 11.0 Å². The van der Waals surface area contributed by atoms with Gasteiger partial charge < -0.3 is 5.32 Å². The molecule has 2 rings (SSSR count). The predicted octanol–water partition coefficient (Wildman–Crippen LogP) is 3.54. The van der Waals surface area contributed by atoms with Crippen LogP contribution in [-0.4, -0.2) is 15.9 Å². The van der Waals surface area contributed by atoms with Gasteiger partial charge in [-0.05, 0) is 18.2 Å². The average molecular weight is 320 g/mol. The van der Waals surface area contributed by atoms with Crippen LogP contribution in [0.5, 0.6) is 0 Å². The van der Waals surface area contributed by atoms with Crippen LogP contribution in [0.1, 0.15) is 15.9 Å². The number of carbonyl (C=O) groups is 1. The Hall–Kier alpha value is -2.22. The van der Waals surface area contributed by atoms with E-state index in [1.54, 1.807) is 0 Å². The summed E-state index contributed by atoms with van der Waals surface area (Å²) in [4.78, 5) is 19.1. The molecule has 0 aliphatic rings. The van der Waals surface area contributed by atoms with Crippen LogP contribution in [0.2, 0.25) is 5.15 Å². The van der Waals surface area contributed by atoms with E-state index in [9.17, 15) is 22.4 Å². The average Bonchev–Trinajstić information content (AvgIpc) is 2.40. The number of aromatic nitrogens is 2. The number of anilines is 1. The molecule has 2 aromatic rings. The van der Waals surface area contributed by atoms with Crippen molar-refractivity contribution in [2.75, 3.05) is 5.32 Å². The van der Waals surface area contributed by atoms with Gasteiger partial charge in [-0.1, -0.05) is 11.6 Å². The first-order chi connectivity index (χ1) is 9.79. The molecule has 9 heteroatoms. The number of benzene rings is 1. The molecule has 1 amide bonds. The lowest BCUT2D eigenvalue weighted by atomic mass is 10.1. The first-order valence-electron chi connectivity index (χ1n) is 5.43. The predicted molar refractivity (Wildman–Crippen MR) is 66.4 cm³/mol. The highest BCUT2D eigenvalue weighted by Crippen LogP contribution is 2.30. The molecule has 1 aromatic heterocycles. The molecule has 1 N–H and O–H groups in total. The zero-order valence-corrected chi connectivity index (χ0v) is 10.8. The minimum Gasteiger partial charge on any atom is -0.304 e. The molecule has 1 aromatic carbocycles. The molecule has 0 spiro atoms. The van der Waals surface area contributed by atoms with Gasteiger partial charge in [0, 0.05) is 12.4 Å². The van der Waals surface area contributed by atoms with Gasteiger partial charge in [0.05, 0.1) is 11.1 Å². The van der Waals surface area contributed by atoms with E-state index >= 15 is 0 Å². The number of hydrogen-bond acceptors (Lipinski definition) is 3. The Labute approximate surface area is 120 Å². The third kappa shape index (κ3) is 3.46. The van der Waals surface area contributed by atoms with Crippen molar-refractivity contribution in [3.8, 4) is 0 Å². The Morgan fingerprint density at radius 1 is 1.19 bits per heavy atom. The lowest BCUT2D eigenvalue weighted by Crippen LogP contribution is -2.17. The van der Waals surface area contributed by atoms with Gasteiger partial charge in [0.2, 0.25) is 0 Å². The molecule has 4 nitrogen and oxygen atoms in total. The van der Waals surface area contributed by atoms with Gasteiger partial charge in [-0.25, -0.2) is 14.4 Å². The molecule has 0 saturated carbocycles. The van der Waals surface area contributed by atoms with Crippen molar-refractivity contribution in [1.82, 2.24) is 9.97 Å². The van der Waals surface area contributed by atoms with Crippen LogP contribution in [0.3, 0.4) is 0 Å². The molecule has 1 heterocycles. The topological polar surface area (TPSA) is 54.9 Å². The zero-order chi connectivity index (χ0) is 15.6. The van der Waals surface area contributed by atoms with Crippen molar-refractivity contribution >= 4 is 23.3 Å². The van der Waals surface area contributed by atoms with Crippen LogP contribution in [-0.2, 0) is 6.18 Å². The number of alkyl halides is 3. The molecule has 0 radical (unpaired) electrons. The number of nitrogens with zero attached hydrogens (tertiary/aromatic N) is 2. The van der Waals surface area contributed by atoms with Gasteiger partial charge in [0.25, 0.3) is 5.91 Å². The fourth-order valence-electron chi connectivity index (χ4n) is 1.46. The highest BCUT2D eigenvalue weighted by molar-refractivity contribution is 6.32. The third-order valence-corrected chi connectivity index (χ3v) is 2.70. The van der Waals surface area contributed by atoms with Crippen LogP contribution < -0.4 is 5.32 Å². The Kier molecular flexibility index (Phi) is 4.08. The van der Waals surface area contributed by atoms with Gasteiger partial charge in [0.1, 0.15) is 5.82 Å². The second-order valence-electron chi connectivity index (χ2n) is 3.84. The number of hydrogen-bond donors (Lipinski definition) is 1. The molecule has 0 fully saturated rings. The molecular weight excluding hydrogens is 314 g/mol. The fourth-order valence-corrected chi connectivity index (χ4v) is 1.61. The van der Waals surface area contributed by atoms with Crippen LogP contribution in [0.15, 0.2) is 30.6 Å². The SMILES string of the molecule is O=C(Nc1nccnc1Cl)c1cc(C(F)(F)F)ccc1F. The minimum atomic E-state index is -4.69. The van der Waals surface area contributed by atoms with E-state index in [2.05, 4.69) is 15.3 Å². The van der Waals surface area contributed by atoms with Gasteiger partial charge in [-0.15, -0.1) is 0 Å². The zero-order valence-electron chi connectivity index (χ0n) is 10.1. The van der Waals surface area contributed by atoms with Gasteiger partial charge in [-0.2, -0.15) is 13.2 Å². The lowest BCUT2D eigenvalue weighted by molar-refractivity contribution is -0.137. The Balaban J connectivity index is 2.33. The Morgan fingerprint density at radius 2 is 1.86 bits per heavy atom. The van der Waals surface area contributed by atoms with Crippen molar-refractivity contribution in [2.45, 2.75) is 6.18 Å².